The number of aromatic nitrogens is 2. The molecule has 3 N–H and O–H groups in total. The number of hydrogen-bond donors (Lipinski definition) is 3. The van der Waals surface area contributed by atoms with E-state index in [1.165, 1.54) is 46.8 Å². The molecule has 4 rings (SSSR count). The number of morpholine rings is 1. The topological polar surface area (TPSA) is 165 Å². The lowest BCUT2D eigenvalue weighted by Gasteiger charge is -2.39. The van der Waals surface area contributed by atoms with E-state index >= 15 is 4.39 Å². The lowest BCUT2D eigenvalue weighted by Crippen LogP contribution is -2.48. The highest BCUT2D eigenvalue weighted by molar-refractivity contribution is 7.46. The zero-order valence-corrected chi connectivity index (χ0v) is 25.9. The molecule has 0 unspecified atom stereocenters. The number of alkyl halides is 3. The number of hydrogen-bond acceptors (Lipinski definition) is 7. The van der Waals surface area contributed by atoms with Gasteiger partial charge in [-0.15, -0.1) is 0 Å². The summed E-state index contributed by atoms with van der Waals surface area (Å²) in [7, 11) is -4.71. The van der Waals surface area contributed by atoms with Crippen LogP contribution in [0.15, 0.2) is 48.6 Å². The van der Waals surface area contributed by atoms with Gasteiger partial charge in [0.05, 0.1) is 18.7 Å². The number of carbonyl (C=O) groups excluding carboxylic acids is 2. The van der Waals surface area contributed by atoms with Gasteiger partial charge in [-0.05, 0) is 55.3 Å². The number of carboxylic acid groups (broad SMARTS) is 1. The summed E-state index contributed by atoms with van der Waals surface area (Å²) in [6.45, 7) is 4.05. The van der Waals surface area contributed by atoms with Crippen molar-refractivity contribution in [3.05, 3.63) is 88.7 Å². The number of aliphatic hydroxyl groups is 1. The van der Waals surface area contributed by atoms with E-state index in [1.807, 2.05) is 0 Å². The Hall–Kier alpha value is -4.29. The zero-order chi connectivity index (χ0) is 36.3. The minimum Gasteiger partial charge on any atom is -0.542 e. The summed E-state index contributed by atoms with van der Waals surface area (Å²) in [5.41, 5.74) is 0.690. The summed E-state index contributed by atoms with van der Waals surface area (Å²) in [5, 5.41) is 19.2. The van der Waals surface area contributed by atoms with Crippen LogP contribution in [0.1, 0.15) is 36.7 Å². The molecule has 20 heteroatoms. The summed E-state index contributed by atoms with van der Waals surface area (Å²) in [4.78, 5) is 41.1. The van der Waals surface area contributed by atoms with E-state index in [4.69, 9.17) is 24.4 Å². The Labute approximate surface area is 267 Å². The highest BCUT2D eigenvalue weighted by Gasteiger charge is 2.38. The number of amides is 1. The van der Waals surface area contributed by atoms with Gasteiger partial charge in [0.2, 0.25) is 6.73 Å². The molecule has 3 atom stereocenters. The quantitative estimate of drug-likeness (QED) is 0.105. The molecule has 0 saturated carbocycles. The van der Waals surface area contributed by atoms with Crippen LogP contribution >= 0.6 is 7.82 Å². The molecule has 0 aliphatic carbocycles. The van der Waals surface area contributed by atoms with Gasteiger partial charge < -0.3 is 34.4 Å². The van der Waals surface area contributed by atoms with Crippen molar-refractivity contribution in [1.82, 2.24) is 9.47 Å². The molecule has 0 radical (unpaired) electrons. The number of phosphoric acid groups is 1. The highest BCUT2D eigenvalue weighted by Crippen LogP contribution is 2.36. The van der Waals surface area contributed by atoms with Gasteiger partial charge in [0.1, 0.15) is 24.0 Å². The first kappa shape index (κ1) is 38.2. The number of benzene rings is 2. The largest absolute Gasteiger partial charge is 0.542 e. The lowest BCUT2D eigenvalue weighted by atomic mass is 9.98. The fourth-order valence-corrected chi connectivity index (χ4v) is 4.81. The van der Waals surface area contributed by atoms with Crippen LogP contribution < -0.4 is 9.67 Å². The van der Waals surface area contributed by atoms with Crippen molar-refractivity contribution in [2.45, 2.75) is 51.9 Å². The van der Waals surface area contributed by atoms with Gasteiger partial charge >= 0.3 is 14.0 Å². The number of phosphoric ester groups is 1. The smallest absolute Gasteiger partial charge is 0.472 e. The van der Waals surface area contributed by atoms with Crippen LogP contribution in [-0.2, 0) is 30.1 Å². The molecule has 48 heavy (non-hydrogen) atoms. The fourth-order valence-electron chi connectivity index (χ4n) is 4.53. The van der Waals surface area contributed by atoms with Gasteiger partial charge in [0.15, 0.2) is 34.7 Å². The molecule has 1 aliphatic rings. The van der Waals surface area contributed by atoms with Gasteiger partial charge in [-0.1, -0.05) is 6.07 Å². The molecule has 1 amide bonds. The predicted octanol–water partition coefficient (Wildman–Crippen LogP) is 2.71. The van der Waals surface area contributed by atoms with Gasteiger partial charge in [-0.2, -0.15) is 17.7 Å². The van der Waals surface area contributed by atoms with Gasteiger partial charge in [0.25, 0.3) is 12.2 Å². The average Bonchev–Trinajstić information content (AvgIpc) is 3.32. The number of ether oxygens (including phenoxy) is 1. The Balaban J connectivity index is 0.000000804. The van der Waals surface area contributed by atoms with Gasteiger partial charge in [-0.3, -0.25) is 4.79 Å². The van der Waals surface area contributed by atoms with Crippen molar-refractivity contribution in [3.8, 4) is 5.69 Å². The van der Waals surface area contributed by atoms with Crippen molar-refractivity contribution in [2.24, 2.45) is 0 Å². The normalized spacial score (nSPS) is 17.4. The number of halogens is 7. The number of carboxylic acids is 1. The Morgan fingerprint density at radius 1 is 1.17 bits per heavy atom. The summed E-state index contributed by atoms with van der Waals surface area (Å²) in [5.74, 6) is -9.28. The SMILES string of the molecule is Cc1c[n+](-c2ccc(/C=C3\O[C@@H](C)CN([C@H](c4cc(F)c(F)c(F)c4)[C@@H](C)O)C3=O)cc2F)cn1COP(=O)(O)O.O=C([O-])C(F)(F)F. The minimum atomic E-state index is -5.19. The molecule has 1 aromatic heterocycles. The van der Waals surface area contributed by atoms with Crippen LogP contribution in [0, 0.1) is 30.2 Å². The maximum Gasteiger partial charge on any atom is 0.472 e. The summed E-state index contributed by atoms with van der Waals surface area (Å²) < 4.78 is 112. The van der Waals surface area contributed by atoms with Crippen LogP contribution in [-0.4, -0.2) is 61.2 Å². The monoisotopic (exact) mass is 713 g/mol. The van der Waals surface area contributed by atoms with E-state index in [1.54, 1.807) is 13.8 Å². The first-order valence-corrected chi connectivity index (χ1v) is 15.0. The fraction of sp³-hybridized carbons (Fsp3) is 0.321. The van der Waals surface area contributed by atoms with Crippen molar-refractivity contribution >= 4 is 25.8 Å². The van der Waals surface area contributed by atoms with E-state index in [9.17, 15) is 40.8 Å². The summed E-state index contributed by atoms with van der Waals surface area (Å²) >= 11 is 0. The molecule has 262 valence electrons. The minimum absolute atomic E-state index is 0.0572. The third-order valence-electron chi connectivity index (χ3n) is 6.58. The van der Waals surface area contributed by atoms with Crippen molar-refractivity contribution in [2.75, 3.05) is 6.54 Å². The molecule has 12 nitrogen and oxygen atoms in total. The van der Waals surface area contributed by atoms with E-state index in [0.29, 0.717) is 17.8 Å². The number of imidazole rings is 1. The Morgan fingerprint density at radius 3 is 2.25 bits per heavy atom. The van der Waals surface area contributed by atoms with Crippen LogP contribution in [0.25, 0.3) is 11.8 Å². The molecule has 3 aromatic rings. The second-order valence-corrected chi connectivity index (χ2v) is 11.6. The average molecular weight is 713 g/mol. The van der Waals surface area contributed by atoms with E-state index in [0.717, 1.165) is 11.0 Å². The Kier molecular flexibility index (Phi) is 11.8. The first-order valence-electron chi connectivity index (χ1n) is 13.5. The van der Waals surface area contributed by atoms with E-state index < -0.39 is 74.1 Å². The Bertz CT molecular complexity index is 1740. The van der Waals surface area contributed by atoms with Crippen molar-refractivity contribution in [1.29, 1.82) is 0 Å². The number of aliphatic hydroxyl groups excluding tert-OH is 1. The zero-order valence-electron chi connectivity index (χ0n) is 25.0. The van der Waals surface area contributed by atoms with Crippen LogP contribution in [0.3, 0.4) is 0 Å². The molecular formula is C28H27F7N3O9P. The van der Waals surface area contributed by atoms with Crippen LogP contribution in [0.4, 0.5) is 30.7 Å². The number of aryl methyl sites for hydroxylation is 1. The maximum absolute atomic E-state index is 15.1. The van der Waals surface area contributed by atoms with E-state index in [2.05, 4.69) is 4.52 Å². The summed E-state index contributed by atoms with van der Waals surface area (Å²) in [6.07, 6.45) is -2.94. The van der Waals surface area contributed by atoms with Crippen molar-refractivity contribution in [3.63, 3.8) is 0 Å². The van der Waals surface area contributed by atoms with Crippen LogP contribution in [0.5, 0.6) is 0 Å². The van der Waals surface area contributed by atoms with Gasteiger partial charge in [-0.25, -0.2) is 31.2 Å². The second kappa shape index (κ2) is 14.9. The molecule has 0 bridgehead atoms. The number of nitrogens with zero attached hydrogens (tertiary/aromatic N) is 3. The lowest BCUT2D eigenvalue weighted by molar-refractivity contribution is -0.597. The molecule has 1 aliphatic heterocycles. The highest BCUT2D eigenvalue weighted by atomic mass is 31.2. The summed E-state index contributed by atoms with van der Waals surface area (Å²) in [6, 6.07) is 4.23. The third-order valence-corrected chi connectivity index (χ3v) is 7.03. The molecule has 1 saturated heterocycles. The number of carbonyl (C=O) groups is 2. The number of rotatable bonds is 8. The molecule has 2 heterocycles. The Morgan fingerprint density at radius 2 is 1.75 bits per heavy atom. The van der Waals surface area contributed by atoms with Crippen molar-refractivity contribution < 1.29 is 78.7 Å². The predicted molar refractivity (Wildman–Crippen MR) is 146 cm³/mol. The van der Waals surface area contributed by atoms with E-state index in [-0.39, 0.29) is 29.1 Å². The molecule has 0 spiro atoms. The molecule has 2 aromatic carbocycles. The molecule has 1 fully saturated rings. The standard InChI is InChI=1S/C26H26F4N3O7P.C2HF3O2/c1-14-10-31(12-32(14)13-39-41(36,37)38)22-5-4-17(6-19(22)27)7-23-26(35)33(11-15(2)40-23)25(16(3)34)18-8-20(28)24(30)21(29)9-18;3-2(4,5)1(6)7/h4-10,12,15-16,25,34H,11,13H2,1-3H3,(H-,36,37,38);(H,6,7)/b23-7-;/t15-,16+,25-;/m0./s1. The maximum atomic E-state index is 15.1. The second-order valence-electron chi connectivity index (χ2n) is 10.4. The first-order chi connectivity index (χ1) is 22.1. The van der Waals surface area contributed by atoms with Crippen LogP contribution in [0.2, 0.25) is 0 Å². The molecular weight excluding hydrogens is 686 g/mol. The van der Waals surface area contributed by atoms with Gasteiger partial charge in [0, 0.05) is 6.92 Å². The number of aliphatic carboxylic acids is 1. The third kappa shape index (κ3) is 9.63.